The molecular weight excluding hydrogens is 617 g/mol. The van der Waals surface area contributed by atoms with Gasteiger partial charge in [0, 0.05) is 45.0 Å². The fourth-order valence-corrected chi connectivity index (χ4v) is 9.22. The molecule has 0 saturated heterocycles. The molecular formula is C49H40N2. The number of nitrogens with zero attached hydrogens (tertiary/aromatic N) is 2. The zero-order valence-corrected chi connectivity index (χ0v) is 29.2. The van der Waals surface area contributed by atoms with Gasteiger partial charge < -0.3 is 9.47 Å². The molecule has 6 aromatic carbocycles. The Labute approximate surface area is 300 Å². The Morgan fingerprint density at radius 3 is 2.25 bits per heavy atom. The number of anilines is 3. The van der Waals surface area contributed by atoms with E-state index in [2.05, 4.69) is 187 Å². The Bertz CT molecular complexity index is 2530. The van der Waals surface area contributed by atoms with Crippen LogP contribution in [0.2, 0.25) is 0 Å². The largest absolute Gasteiger partial charge is 0.310 e. The first kappa shape index (κ1) is 30.0. The highest BCUT2D eigenvalue weighted by atomic mass is 15.1. The summed E-state index contributed by atoms with van der Waals surface area (Å²) in [5, 5.41) is 1.35. The van der Waals surface area contributed by atoms with Crippen LogP contribution >= 0.6 is 0 Å². The average Bonchev–Trinajstić information content (AvgIpc) is 3.64. The topological polar surface area (TPSA) is 8.17 Å². The third-order valence-electron chi connectivity index (χ3n) is 11.6. The molecule has 1 heterocycles. The maximum atomic E-state index is 2.49. The van der Waals surface area contributed by atoms with Gasteiger partial charge in [-0.05, 0) is 113 Å². The molecule has 51 heavy (non-hydrogen) atoms. The smallest absolute Gasteiger partial charge is 0.0537 e. The van der Waals surface area contributed by atoms with Crippen molar-refractivity contribution in [3.8, 4) is 16.8 Å². The quantitative estimate of drug-likeness (QED) is 0.179. The molecule has 2 heteroatoms. The molecule has 1 unspecified atom stereocenters. The van der Waals surface area contributed by atoms with Gasteiger partial charge in [-0.25, -0.2) is 0 Å². The number of para-hydroxylation sites is 3. The lowest BCUT2D eigenvalue weighted by atomic mass is 9.80. The number of hydrogen-bond donors (Lipinski definition) is 0. The molecule has 3 aliphatic carbocycles. The van der Waals surface area contributed by atoms with Crippen molar-refractivity contribution in [2.45, 2.75) is 44.4 Å². The third-order valence-corrected chi connectivity index (χ3v) is 11.6. The van der Waals surface area contributed by atoms with Crippen LogP contribution in [-0.4, -0.2) is 4.57 Å². The zero-order chi connectivity index (χ0) is 34.1. The average molecular weight is 657 g/mol. The van der Waals surface area contributed by atoms with Crippen molar-refractivity contribution in [2.24, 2.45) is 0 Å². The number of aromatic nitrogens is 1. The van der Waals surface area contributed by atoms with Crippen molar-refractivity contribution in [2.75, 3.05) is 4.90 Å². The molecule has 0 radical (unpaired) electrons. The molecule has 1 aromatic heterocycles. The second-order valence-corrected chi connectivity index (χ2v) is 14.8. The second kappa shape index (κ2) is 11.6. The van der Waals surface area contributed by atoms with E-state index in [1.54, 1.807) is 0 Å². The predicted molar refractivity (Wildman–Crippen MR) is 215 cm³/mol. The van der Waals surface area contributed by atoms with E-state index in [1.807, 2.05) is 0 Å². The molecule has 1 atom stereocenters. The number of allylic oxidation sites excluding steroid dienone is 2. The van der Waals surface area contributed by atoms with Crippen LogP contribution in [-0.2, 0) is 18.3 Å². The Morgan fingerprint density at radius 2 is 1.39 bits per heavy atom. The summed E-state index contributed by atoms with van der Waals surface area (Å²) in [6.07, 6.45) is 12.7. The van der Waals surface area contributed by atoms with Crippen molar-refractivity contribution in [1.82, 2.24) is 4.57 Å². The van der Waals surface area contributed by atoms with Crippen molar-refractivity contribution >= 4 is 40.1 Å². The Morgan fingerprint density at radius 1 is 0.647 bits per heavy atom. The van der Waals surface area contributed by atoms with Crippen molar-refractivity contribution < 1.29 is 0 Å². The molecule has 246 valence electrons. The molecule has 0 fully saturated rings. The van der Waals surface area contributed by atoms with Crippen LogP contribution in [0.1, 0.15) is 65.3 Å². The minimum absolute atomic E-state index is 0.0662. The lowest BCUT2D eigenvalue weighted by Crippen LogP contribution is -2.18. The molecule has 7 aromatic rings. The first-order valence-electron chi connectivity index (χ1n) is 18.4. The third kappa shape index (κ3) is 4.63. The summed E-state index contributed by atoms with van der Waals surface area (Å²) in [5.74, 6) is 0.311. The van der Waals surface area contributed by atoms with Gasteiger partial charge in [0.25, 0.3) is 0 Å². The van der Waals surface area contributed by atoms with E-state index in [-0.39, 0.29) is 5.41 Å². The normalized spacial score (nSPS) is 16.4. The van der Waals surface area contributed by atoms with Crippen LogP contribution in [0.15, 0.2) is 152 Å². The van der Waals surface area contributed by atoms with Crippen molar-refractivity contribution in [1.29, 1.82) is 0 Å². The van der Waals surface area contributed by atoms with E-state index in [4.69, 9.17) is 0 Å². The minimum Gasteiger partial charge on any atom is -0.310 e. The van der Waals surface area contributed by atoms with Gasteiger partial charge in [-0.2, -0.15) is 0 Å². The number of rotatable bonds is 5. The van der Waals surface area contributed by atoms with E-state index < -0.39 is 0 Å². The van der Waals surface area contributed by atoms with E-state index in [0.717, 1.165) is 19.3 Å². The molecule has 0 bridgehead atoms. The highest BCUT2D eigenvalue weighted by Gasteiger charge is 2.36. The molecule has 0 N–H and O–H groups in total. The number of benzene rings is 6. The second-order valence-electron chi connectivity index (χ2n) is 14.8. The number of hydrogen-bond acceptors (Lipinski definition) is 1. The summed E-state index contributed by atoms with van der Waals surface area (Å²) in [4.78, 5) is 2.49. The Balaban J connectivity index is 1.10. The molecule has 0 spiro atoms. The molecule has 0 aliphatic heterocycles. The molecule has 2 nitrogen and oxygen atoms in total. The van der Waals surface area contributed by atoms with Crippen LogP contribution in [0.4, 0.5) is 17.1 Å². The summed E-state index contributed by atoms with van der Waals surface area (Å²) in [7, 11) is 0. The van der Waals surface area contributed by atoms with Gasteiger partial charge in [-0.3, -0.25) is 0 Å². The maximum Gasteiger partial charge on any atom is 0.0537 e. The monoisotopic (exact) mass is 656 g/mol. The molecule has 0 amide bonds. The summed E-state index contributed by atoms with van der Waals surface area (Å²) in [6.45, 7) is 4.74. The van der Waals surface area contributed by atoms with Crippen molar-refractivity contribution in [3.05, 3.63) is 191 Å². The fraction of sp³-hybridized carbons (Fsp3) is 0.143. The van der Waals surface area contributed by atoms with Crippen LogP contribution in [0, 0.1) is 0 Å². The lowest BCUT2D eigenvalue weighted by Gasteiger charge is -2.32. The van der Waals surface area contributed by atoms with Gasteiger partial charge >= 0.3 is 0 Å². The van der Waals surface area contributed by atoms with E-state index in [9.17, 15) is 0 Å². The fourth-order valence-electron chi connectivity index (χ4n) is 9.22. The van der Waals surface area contributed by atoms with Gasteiger partial charge in [0.05, 0.1) is 11.2 Å². The molecule has 3 aliphatic rings. The Kier molecular flexibility index (Phi) is 6.83. The first-order valence-corrected chi connectivity index (χ1v) is 18.4. The van der Waals surface area contributed by atoms with Gasteiger partial charge in [0.15, 0.2) is 0 Å². The van der Waals surface area contributed by atoms with E-state index >= 15 is 0 Å². The summed E-state index contributed by atoms with van der Waals surface area (Å²) >= 11 is 0. The molecule has 0 saturated carbocycles. The first-order chi connectivity index (χ1) is 25.1. The summed E-state index contributed by atoms with van der Waals surface area (Å²) < 4.78 is 2.44. The van der Waals surface area contributed by atoms with Crippen molar-refractivity contribution in [3.63, 3.8) is 0 Å². The highest BCUT2D eigenvalue weighted by Crippen LogP contribution is 2.51. The Hall–Kier alpha value is -5.86. The van der Waals surface area contributed by atoms with Crippen LogP contribution < -0.4 is 4.90 Å². The van der Waals surface area contributed by atoms with Crippen LogP contribution in [0.25, 0.3) is 39.9 Å². The summed E-state index contributed by atoms with van der Waals surface area (Å²) in [5.41, 5.74) is 18.6. The van der Waals surface area contributed by atoms with Crippen LogP contribution in [0.3, 0.4) is 0 Å². The minimum atomic E-state index is -0.0662. The predicted octanol–water partition coefficient (Wildman–Crippen LogP) is 12.7. The zero-order valence-electron chi connectivity index (χ0n) is 29.2. The number of fused-ring (bicyclic) bond motifs is 7. The van der Waals surface area contributed by atoms with Crippen LogP contribution in [0.5, 0.6) is 0 Å². The van der Waals surface area contributed by atoms with E-state index in [0.29, 0.717) is 5.92 Å². The van der Waals surface area contributed by atoms with Gasteiger partial charge in [0.1, 0.15) is 0 Å². The molecule has 10 rings (SSSR count). The SMILES string of the molecule is CC1(C)c2ccccc2-c2ccc(N(c3ccccc3)c3ccc(C4C=Cc5c(c6ccccc6n5-c5ccccc5)C4)c4c3C=CCC4)cc21. The summed E-state index contributed by atoms with van der Waals surface area (Å²) in [6, 6.07) is 51.5. The lowest BCUT2D eigenvalue weighted by molar-refractivity contribution is 0.660. The standard InChI is InChI=1S/C49H40N2/c1-49(2)44-23-13-11-20-39(44)40-27-26-36(32-45(40)49)50(34-15-5-3-6-16-34)47-30-28-37(38-19-9-10-21-41(38)47)33-25-29-48-43(31-33)42-22-12-14-24-46(42)51(48)35-17-7-4-8-18-35/h3-8,10-18,20-30,32-33H,9,19,31H2,1-2H3. The highest BCUT2D eigenvalue weighted by molar-refractivity contribution is 5.92. The maximum absolute atomic E-state index is 2.49. The van der Waals surface area contributed by atoms with Gasteiger partial charge in [-0.15, -0.1) is 0 Å². The van der Waals surface area contributed by atoms with E-state index in [1.165, 1.54) is 83.9 Å². The van der Waals surface area contributed by atoms with Gasteiger partial charge in [-0.1, -0.05) is 123 Å². The van der Waals surface area contributed by atoms with Gasteiger partial charge in [0.2, 0.25) is 0 Å².